The van der Waals surface area contributed by atoms with Crippen molar-refractivity contribution in [3.63, 3.8) is 0 Å². The van der Waals surface area contributed by atoms with Gasteiger partial charge in [0.05, 0.1) is 27.9 Å². The molecule has 0 aliphatic heterocycles. The van der Waals surface area contributed by atoms with Crippen molar-refractivity contribution >= 4 is 43.7 Å². The summed E-state index contributed by atoms with van der Waals surface area (Å²) in [6, 6.07) is 58.3. The van der Waals surface area contributed by atoms with E-state index in [1.807, 2.05) is 42.5 Å². The van der Waals surface area contributed by atoms with Crippen LogP contribution in [0.1, 0.15) is 0 Å². The Morgan fingerprint density at radius 2 is 0.840 bits per heavy atom. The van der Waals surface area contributed by atoms with Gasteiger partial charge in [0.2, 0.25) is 5.95 Å². The molecule has 50 heavy (non-hydrogen) atoms. The van der Waals surface area contributed by atoms with Crippen LogP contribution in [0.3, 0.4) is 0 Å². The van der Waals surface area contributed by atoms with Crippen molar-refractivity contribution in [1.82, 2.24) is 29.1 Å². The summed E-state index contributed by atoms with van der Waals surface area (Å²) in [6.45, 7) is 0. The minimum absolute atomic E-state index is 0.527. The third-order valence-corrected chi connectivity index (χ3v) is 9.37. The monoisotopic (exact) mass is 640 g/mol. The van der Waals surface area contributed by atoms with E-state index in [1.165, 1.54) is 0 Å². The van der Waals surface area contributed by atoms with E-state index in [2.05, 4.69) is 137 Å². The maximum Gasteiger partial charge on any atom is 0.236 e. The van der Waals surface area contributed by atoms with Gasteiger partial charge in [-0.05, 0) is 36.4 Å². The van der Waals surface area contributed by atoms with Gasteiger partial charge < -0.3 is 4.57 Å². The molecule has 6 heteroatoms. The molecule has 0 aliphatic rings. The normalized spacial score (nSPS) is 11.6. The minimum atomic E-state index is 0.527. The van der Waals surface area contributed by atoms with Gasteiger partial charge in [-0.3, -0.25) is 4.57 Å². The molecule has 0 atom stereocenters. The van der Waals surface area contributed by atoms with Gasteiger partial charge in [0, 0.05) is 33.0 Å². The second-order valence-corrected chi connectivity index (χ2v) is 12.3. The average Bonchev–Trinajstić information content (AvgIpc) is 3.71. The van der Waals surface area contributed by atoms with Gasteiger partial charge in [-0.1, -0.05) is 133 Å². The summed E-state index contributed by atoms with van der Waals surface area (Å²) in [6.07, 6.45) is 0. The van der Waals surface area contributed by atoms with Crippen LogP contribution < -0.4 is 0 Å². The fourth-order valence-corrected chi connectivity index (χ4v) is 7.14. The third-order valence-electron chi connectivity index (χ3n) is 9.37. The van der Waals surface area contributed by atoms with Gasteiger partial charge in [0.1, 0.15) is 16.7 Å². The first-order chi connectivity index (χ1) is 24.8. The first-order valence-corrected chi connectivity index (χ1v) is 16.7. The quantitative estimate of drug-likeness (QED) is 0.188. The van der Waals surface area contributed by atoms with Crippen LogP contribution in [0.2, 0.25) is 0 Å². The number of para-hydroxylation sites is 4. The summed E-state index contributed by atoms with van der Waals surface area (Å²) >= 11 is 0. The number of hydrogen-bond donors (Lipinski definition) is 0. The lowest BCUT2D eigenvalue weighted by Gasteiger charge is -2.14. The van der Waals surface area contributed by atoms with Gasteiger partial charge in [0.15, 0.2) is 5.82 Å². The van der Waals surface area contributed by atoms with Crippen LogP contribution in [0.4, 0.5) is 0 Å². The highest BCUT2D eigenvalue weighted by Gasteiger charge is 2.25. The van der Waals surface area contributed by atoms with Crippen LogP contribution in [0.5, 0.6) is 0 Å². The van der Waals surface area contributed by atoms with Crippen LogP contribution in [-0.4, -0.2) is 29.1 Å². The van der Waals surface area contributed by atoms with E-state index in [4.69, 9.17) is 19.9 Å². The van der Waals surface area contributed by atoms with Crippen LogP contribution in [0.15, 0.2) is 170 Å². The SMILES string of the molecule is c1ccc(-c2cc(-c3ccccc3)nc(-c3nc(-n4c5ccccc5c5ccccc54)nc4c5ccccc5n(-c5ccccc5)c34)n2)cc1. The van der Waals surface area contributed by atoms with Crippen LogP contribution in [-0.2, 0) is 0 Å². The Morgan fingerprint density at radius 1 is 0.380 bits per heavy atom. The molecule has 0 radical (unpaired) electrons. The standard InChI is InChI=1S/C44H28N6/c1-4-16-29(17-5-1)35-28-36(30-18-6-2-7-19-30)46-43(45-35)41-42-40(34-24-12-15-27-39(34)49(42)31-20-8-3-9-21-31)47-44(48-41)50-37-25-13-10-22-32(37)33-23-11-14-26-38(33)50/h1-28H. The fourth-order valence-electron chi connectivity index (χ4n) is 7.14. The molecule has 6 aromatic carbocycles. The molecule has 0 N–H and O–H groups in total. The van der Waals surface area contributed by atoms with E-state index in [0.717, 1.165) is 71.9 Å². The predicted octanol–water partition coefficient (Wildman–Crippen LogP) is 10.5. The molecule has 0 aliphatic carbocycles. The van der Waals surface area contributed by atoms with Crippen molar-refractivity contribution in [2.24, 2.45) is 0 Å². The van der Waals surface area contributed by atoms with Gasteiger partial charge in [-0.25, -0.2) is 19.9 Å². The maximum absolute atomic E-state index is 5.47. The average molecular weight is 641 g/mol. The lowest BCUT2D eigenvalue weighted by molar-refractivity contribution is 0.998. The van der Waals surface area contributed by atoms with Crippen LogP contribution in [0.25, 0.3) is 89.4 Å². The predicted molar refractivity (Wildman–Crippen MR) is 203 cm³/mol. The minimum Gasteiger partial charge on any atom is -0.306 e. The topological polar surface area (TPSA) is 61.4 Å². The molecule has 0 unspecified atom stereocenters. The number of nitrogens with zero attached hydrogens (tertiary/aromatic N) is 6. The van der Waals surface area contributed by atoms with Gasteiger partial charge >= 0.3 is 0 Å². The summed E-state index contributed by atoms with van der Waals surface area (Å²) in [5.74, 6) is 1.09. The van der Waals surface area contributed by atoms with Crippen molar-refractivity contribution in [2.45, 2.75) is 0 Å². The number of hydrogen-bond acceptors (Lipinski definition) is 4. The molecule has 10 aromatic rings. The summed E-state index contributed by atoms with van der Waals surface area (Å²) in [5, 5.41) is 3.32. The Morgan fingerprint density at radius 3 is 1.40 bits per heavy atom. The summed E-state index contributed by atoms with van der Waals surface area (Å²) < 4.78 is 4.41. The molecule has 0 saturated heterocycles. The smallest absolute Gasteiger partial charge is 0.236 e. The van der Waals surface area contributed by atoms with Crippen LogP contribution >= 0.6 is 0 Å². The zero-order chi connectivity index (χ0) is 33.0. The summed E-state index contributed by atoms with van der Waals surface area (Å²) in [5.41, 5.74) is 10.1. The number of fused-ring (bicyclic) bond motifs is 6. The second kappa shape index (κ2) is 11.4. The molecule has 0 spiro atoms. The molecule has 4 heterocycles. The molecule has 0 amide bonds. The highest BCUT2D eigenvalue weighted by molar-refractivity contribution is 6.12. The Hall–Kier alpha value is -6.92. The fraction of sp³-hybridized carbons (Fsp3) is 0. The Bertz CT molecular complexity index is 2740. The Kier molecular flexibility index (Phi) is 6.39. The summed E-state index contributed by atoms with van der Waals surface area (Å²) in [4.78, 5) is 21.4. The highest BCUT2D eigenvalue weighted by atomic mass is 15.2. The van der Waals surface area contributed by atoms with Crippen molar-refractivity contribution in [1.29, 1.82) is 0 Å². The van der Waals surface area contributed by atoms with Crippen molar-refractivity contribution < 1.29 is 0 Å². The second-order valence-electron chi connectivity index (χ2n) is 12.3. The number of benzene rings is 6. The van der Waals surface area contributed by atoms with E-state index < -0.39 is 0 Å². The molecule has 0 bridgehead atoms. The number of rotatable bonds is 5. The van der Waals surface area contributed by atoms with Crippen molar-refractivity contribution in [3.8, 4) is 45.7 Å². The Balaban J connectivity index is 1.38. The lowest BCUT2D eigenvalue weighted by Crippen LogP contribution is -2.07. The molecular weight excluding hydrogens is 613 g/mol. The van der Waals surface area contributed by atoms with E-state index in [1.54, 1.807) is 0 Å². The molecule has 0 fully saturated rings. The molecule has 234 valence electrons. The van der Waals surface area contributed by atoms with Gasteiger partial charge in [0.25, 0.3) is 0 Å². The zero-order valence-electron chi connectivity index (χ0n) is 26.8. The van der Waals surface area contributed by atoms with E-state index in [0.29, 0.717) is 17.5 Å². The third kappa shape index (κ3) is 4.43. The van der Waals surface area contributed by atoms with E-state index in [-0.39, 0.29) is 0 Å². The first kappa shape index (κ1) is 28.1. The molecule has 4 aromatic heterocycles. The Labute approximate surface area is 287 Å². The zero-order valence-corrected chi connectivity index (χ0v) is 26.8. The molecule has 0 saturated carbocycles. The molecule has 6 nitrogen and oxygen atoms in total. The molecular formula is C44H28N6. The maximum atomic E-state index is 5.47. The lowest BCUT2D eigenvalue weighted by atomic mass is 10.1. The summed E-state index contributed by atoms with van der Waals surface area (Å²) in [7, 11) is 0. The van der Waals surface area contributed by atoms with Crippen LogP contribution in [0, 0.1) is 0 Å². The number of aromatic nitrogens is 6. The van der Waals surface area contributed by atoms with Gasteiger partial charge in [-0.2, -0.15) is 0 Å². The first-order valence-electron chi connectivity index (χ1n) is 16.7. The largest absolute Gasteiger partial charge is 0.306 e. The van der Waals surface area contributed by atoms with E-state index >= 15 is 0 Å². The van der Waals surface area contributed by atoms with E-state index in [9.17, 15) is 0 Å². The molecule has 10 rings (SSSR count). The van der Waals surface area contributed by atoms with Gasteiger partial charge in [-0.15, -0.1) is 0 Å². The van der Waals surface area contributed by atoms with Crippen molar-refractivity contribution in [3.05, 3.63) is 170 Å². The van der Waals surface area contributed by atoms with Crippen molar-refractivity contribution in [2.75, 3.05) is 0 Å². The highest BCUT2D eigenvalue weighted by Crippen LogP contribution is 2.39.